The van der Waals surface area contributed by atoms with E-state index in [4.69, 9.17) is 27.9 Å². The van der Waals surface area contributed by atoms with E-state index in [9.17, 15) is 0 Å². The van der Waals surface area contributed by atoms with Crippen LogP contribution < -0.4 is 4.74 Å². The smallest absolute Gasteiger partial charge is 0.196 e. The molecule has 0 fully saturated rings. The highest BCUT2D eigenvalue weighted by Crippen LogP contribution is 2.31. The Morgan fingerprint density at radius 1 is 0.931 bits per heavy atom. The number of para-hydroxylation sites is 1. The summed E-state index contributed by atoms with van der Waals surface area (Å²) in [5.74, 6) is 2.24. The first-order valence-corrected chi connectivity index (χ1v) is 10.6. The van der Waals surface area contributed by atoms with Gasteiger partial charge in [0, 0.05) is 23.7 Å². The van der Waals surface area contributed by atoms with Crippen LogP contribution in [0.1, 0.15) is 0 Å². The van der Waals surface area contributed by atoms with Crippen molar-refractivity contribution in [3.05, 3.63) is 83.1 Å². The fourth-order valence-electron chi connectivity index (χ4n) is 2.71. The largest absolute Gasteiger partial charge is 0.493 e. The van der Waals surface area contributed by atoms with Gasteiger partial charge in [0.15, 0.2) is 11.0 Å². The zero-order valence-corrected chi connectivity index (χ0v) is 17.5. The highest BCUT2D eigenvalue weighted by molar-refractivity contribution is 7.99. The first kappa shape index (κ1) is 19.8. The Morgan fingerprint density at radius 3 is 2.55 bits per heavy atom. The van der Waals surface area contributed by atoms with E-state index >= 15 is 0 Å². The predicted octanol–water partition coefficient (Wildman–Crippen LogP) is 5.81. The van der Waals surface area contributed by atoms with Crippen LogP contribution in [0.2, 0.25) is 10.0 Å². The molecular formula is C21H16Cl2N4OS. The summed E-state index contributed by atoms with van der Waals surface area (Å²) in [7, 11) is 0. The summed E-state index contributed by atoms with van der Waals surface area (Å²) >= 11 is 13.9. The third-order valence-corrected chi connectivity index (χ3v) is 5.67. The van der Waals surface area contributed by atoms with Gasteiger partial charge in [-0.1, -0.05) is 53.2 Å². The Balaban J connectivity index is 1.59. The molecule has 0 N–H and O–H groups in total. The Morgan fingerprint density at radius 2 is 1.79 bits per heavy atom. The molecule has 0 amide bonds. The number of aromatic nitrogens is 4. The topological polar surface area (TPSA) is 52.8 Å². The quantitative estimate of drug-likeness (QED) is 0.267. The Hall–Kier alpha value is -2.54. The van der Waals surface area contributed by atoms with Crippen LogP contribution in [0, 0.1) is 0 Å². The molecule has 0 atom stereocenters. The standard InChI is InChI=1S/C21H16Cl2N4OS/c22-18-9-8-16(13-19(18)23)27-20(15-5-4-10-24-14-15)25-26-21(27)29-12-11-28-17-6-2-1-3-7-17/h1-10,13-14H,11-12H2. The molecule has 0 unspecified atom stereocenters. The number of halogens is 2. The molecule has 29 heavy (non-hydrogen) atoms. The normalized spacial score (nSPS) is 10.8. The van der Waals surface area contributed by atoms with Gasteiger partial charge < -0.3 is 4.74 Å². The monoisotopic (exact) mass is 442 g/mol. The number of ether oxygens (including phenoxy) is 1. The van der Waals surface area contributed by atoms with Gasteiger partial charge in [0.2, 0.25) is 0 Å². The van der Waals surface area contributed by atoms with Crippen LogP contribution >= 0.6 is 35.0 Å². The van der Waals surface area contributed by atoms with Crippen molar-refractivity contribution in [2.24, 2.45) is 0 Å². The molecule has 2 heterocycles. The molecule has 0 radical (unpaired) electrons. The van der Waals surface area contributed by atoms with Gasteiger partial charge in [-0.05, 0) is 42.5 Å². The second-order valence-electron chi connectivity index (χ2n) is 5.99. The van der Waals surface area contributed by atoms with Crippen LogP contribution in [0.5, 0.6) is 5.75 Å². The van der Waals surface area contributed by atoms with Crippen molar-refractivity contribution in [3.63, 3.8) is 0 Å². The van der Waals surface area contributed by atoms with Crippen molar-refractivity contribution < 1.29 is 4.74 Å². The highest BCUT2D eigenvalue weighted by Gasteiger charge is 2.17. The maximum absolute atomic E-state index is 6.25. The van der Waals surface area contributed by atoms with Crippen LogP contribution in [0.25, 0.3) is 17.1 Å². The average molecular weight is 443 g/mol. The zero-order chi connectivity index (χ0) is 20.1. The molecule has 0 saturated heterocycles. The Kier molecular flexibility index (Phi) is 6.34. The minimum Gasteiger partial charge on any atom is -0.493 e. The first-order chi connectivity index (χ1) is 14.2. The number of thioether (sulfide) groups is 1. The molecule has 2 aromatic heterocycles. The molecule has 0 aliphatic carbocycles. The summed E-state index contributed by atoms with van der Waals surface area (Å²) in [6, 6.07) is 19.0. The molecule has 8 heteroatoms. The first-order valence-electron chi connectivity index (χ1n) is 8.84. The van der Waals surface area contributed by atoms with E-state index in [1.54, 1.807) is 36.3 Å². The molecule has 0 spiro atoms. The summed E-state index contributed by atoms with van der Waals surface area (Å²) < 4.78 is 7.72. The second-order valence-corrected chi connectivity index (χ2v) is 7.87. The number of pyridine rings is 1. The summed E-state index contributed by atoms with van der Waals surface area (Å²) in [6.45, 7) is 0.547. The van der Waals surface area contributed by atoms with Crippen molar-refractivity contribution >= 4 is 35.0 Å². The van der Waals surface area contributed by atoms with Crippen LogP contribution in [0.3, 0.4) is 0 Å². The lowest BCUT2D eigenvalue weighted by atomic mass is 10.2. The molecule has 0 saturated carbocycles. The van der Waals surface area contributed by atoms with E-state index in [2.05, 4.69) is 15.2 Å². The summed E-state index contributed by atoms with van der Waals surface area (Å²) in [5, 5.41) is 10.5. The minimum absolute atomic E-state index is 0.471. The van der Waals surface area contributed by atoms with Gasteiger partial charge in [-0.15, -0.1) is 10.2 Å². The molecule has 0 bridgehead atoms. The maximum Gasteiger partial charge on any atom is 0.196 e. The Bertz CT molecular complexity index is 1090. The lowest BCUT2D eigenvalue weighted by Crippen LogP contribution is -2.03. The van der Waals surface area contributed by atoms with Crippen molar-refractivity contribution in [3.8, 4) is 22.8 Å². The van der Waals surface area contributed by atoms with Crippen molar-refractivity contribution in [1.29, 1.82) is 0 Å². The molecule has 146 valence electrons. The van der Waals surface area contributed by atoms with Gasteiger partial charge in [-0.2, -0.15) is 0 Å². The minimum atomic E-state index is 0.471. The van der Waals surface area contributed by atoms with Gasteiger partial charge in [0.1, 0.15) is 5.75 Å². The summed E-state index contributed by atoms with van der Waals surface area (Å²) in [6.07, 6.45) is 3.48. The van der Waals surface area contributed by atoms with E-state index < -0.39 is 0 Å². The van der Waals surface area contributed by atoms with E-state index in [-0.39, 0.29) is 0 Å². The highest BCUT2D eigenvalue weighted by atomic mass is 35.5. The number of hydrogen-bond donors (Lipinski definition) is 0. The zero-order valence-electron chi connectivity index (χ0n) is 15.2. The molecular weight excluding hydrogens is 427 g/mol. The van der Waals surface area contributed by atoms with Crippen molar-refractivity contribution in [1.82, 2.24) is 19.7 Å². The van der Waals surface area contributed by atoms with Gasteiger partial charge in [0.05, 0.1) is 22.3 Å². The maximum atomic E-state index is 6.25. The van der Waals surface area contributed by atoms with E-state index in [0.717, 1.165) is 22.2 Å². The van der Waals surface area contributed by atoms with E-state index in [1.165, 1.54) is 0 Å². The third-order valence-electron chi connectivity index (χ3n) is 4.04. The summed E-state index contributed by atoms with van der Waals surface area (Å²) in [4.78, 5) is 4.19. The van der Waals surface area contributed by atoms with Gasteiger partial charge in [-0.3, -0.25) is 9.55 Å². The molecule has 0 aliphatic rings. The van der Waals surface area contributed by atoms with Crippen LogP contribution in [-0.4, -0.2) is 32.1 Å². The van der Waals surface area contributed by atoms with Crippen molar-refractivity contribution in [2.45, 2.75) is 5.16 Å². The van der Waals surface area contributed by atoms with Gasteiger partial charge in [0.25, 0.3) is 0 Å². The van der Waals surface area contributed by atoms with Crippen molar-refractivity contribution in [2.75, 3.05) is 12.4 Å². The second kappa shape index (κ2) is 9.31. The molecule has 5 nitrogen and oxygen atoms in total. The number of rotatable bonds is 7. The summed E-state index contributed by atoms with van der Waals surface area (Å²) in [5.41, 5.74) is 1.69. The predicted molar refractivity (Wildman–Crippen MR) is 117 cm³/mol. The fraction of sp³-hybridized carbons (Fsp3) is 0.0952. The number of benzene rings is 2. The molecule has 2 aromatic carbocycles. The molecule has 4 rings (SSSR count). The lowest BCUT2D eigenvalue weighted by Gasteiger charge is -2.11. The lowest BCUT2D eigenvalue weighted by molar-refractivity contribution is 0.344. The van der Waals surface area contributed by atoms with Gasteiger partial charge in [-0.25, -0.2) is 0 Å². The van der Waals surface area contributed by atoms with Gasteiger partial charge >= 0.3 is 0 Å². The third kappa shape index (κ3) is 4.72. The van der Waals surface area contributed by atoms with Crippen LogP contribution in [0.4, 0.5) is 0 Å². The van der Waals surface area contributed by atoms with Crippen LogP contribution in [-0.2, 0) is 0 Å². The SMILES string of the molecule is Clc1ccc(-n2c(SCCOc3ccccc3)nnc2-c2cccnc2)cc1Cl. The average Bonchev–Trinajstić information content (AvgIpc) is 3.18. The fourth-order valence-corrected chi connectivity index (χ4v) is 3.77. The van der Waals surface area contributed by atoms with E-state index in [0.29, 0.717) is 28.2 Å². The van der Waals surface area contributed by atoms with Crippen LogP contribution in [0.15, 0.2) is 78.2 Å². The molecule has 0 aliphatic heterocycles. The molecule has 4 aromatic rings. The number of nitrogens with zero attached hydrogens (tertiary/aromatic N) is 4. The Labute approximate surface area is 182 Å². The number of hydrogen-bond acceptors (Lipinski definition) is 5. The van der Waals surface area contributed by atoms with E-state index in [1.807, 2.05) is 53.1 Å².